The van der Waals surface area contributed by atoms with Crippen molar-refractivity contribution in [2.45, 2.75) is 5.22 Å². The molecule has 0 bridgehead atoms. The van der Waals surface area contributed by atoms with Crippen molar-refractivity contribution in [1.29, 1.82) is 0 Å². The van der Waals surface area contributed by atoms with Crippen LogP contribution in [0.3, 0.4) is 0 Å². The number of hydrogen-bond donors (Lipinski definition) is 1. The maximum Gasteiger partial charge on any atom is 0.342 e. The number of carbonyl (C=O) groups is 1. The van der Waals surface area contributed by atoms with Gasteiger partial charge in [0.25, 0.3) is 5.22 Å². The predicted molar refractivity (Wildman–Crippen MR) is 92.1 cm³/mol. The molecule has 0 fully saturated rings. The Hall–Kier alpha value is -2.77. The van der Waals surface area contributed by atoms with Crippen LogP contribution in [0.4, 0.5) is 0 Å². The number of hydrogen-bond acceptors (Lipinski definition) is 6. The van der Waals surface area contributed by atoms with Crippen LogP contribution < -0.4 is 5.11 Å². The highest BCUT2D eigenvalue weighted by atomic mass is 35.5. The highest BCUT2D eigenvalue weighted by Gasteiger charge is 2.16. The molecule has 1 heterocycles. The Morgan fingerprint density at radius 2 is 1.80 bits per heavy atom. The van der Waals surface area contributed by atoms with Crippen molar-refractivity contribution in [2.24, 2.45) is 0 Å². The molecule has 0 saturated heterocycles. The highest BCUT2D eigenvalue weighted by molar-refractivity contribution is 8.03. The molecule has 0 atom stereocenters. The zero-order valence-corrected chi connectivity index (χ0v) is 14.1. The summed E-state index contributed by atoms with van der Waals surface area (Å²) in [5.74, 6) is -1.02. The number of nitrogens with zero attached hydrogens (tertiary/aromatic N) is 2. The van der Waals surface area contributed by atoms with E-state index in [9.17, 15) is 15.0 Å². The van der Waals surface area contributed by atoms with Crippen LogP contribution in [0.5, 0.6) is 5.75 Å². The third kappa shape index (κ3) is 4.40. The topological polar surface area (TPSA) is 99.3 Å². The molecular formula is C17H10ClN2O4S-. The molecular weight excluding hydrogens is 364 g/mol. The molecule has 25 heavy (non-hydrogen) atoms. The first-order valence-electron chi connectivity index (χ1n) is 7.00. The van der Waals surface area contributed by atoms with Crippen molar-refractivity contribution < 1.29 is 19.4 Å². The third-order valence-corrected chi connectivity index (χ3v) is 4.19. The lowest BCUT2D eigenvalue weighted by molar-refractivity contribution is -0.268. The Morgan fingerprint density at radius 1 is 1.12 bits per heavy atom. The largest absolute Gasteiger partial charge is 0.872 e. The van der Waals surface area contributed by atoms with E-state index in [0.717, 1.165) is 11.8 Å². The van der Waals surface area contributed by atoms with Crippen molar-refractivity contribution in [1.82, 2.24) is 10.2 Å². The molecule has 3 aromatic rings. The number of carboxylic acids is 1. The Labute approximate surface area is 151 Å². The fourth-order valence-corrected chi connectivity index (χ4v) is 2.70. The lowest BCUT2D eigenvalue weighted by atomic mass is 10.2. The Bertz CT molecular complexity index is 921. The first-order valence-corrected chi connectivity index (χ1v) is 8.20. The van der Waals surface area contributed by atoms with Crippen molar-refractivity contribution >= 4 is 35.4 Å². The van der Waals surface area contributed by atoms with E-state index in [-0.39, 0.29) is 21.8 Å². The van der Waals surface area contributed by atoms with Gasteiger partial charge in [-0.2, -0.15) is 0 Å². The Balaban J connectivity index is 1.82. The molecule has 0 aliphatic carbocycles. The average Bonchev–Trinajstić information content (AvgIpc) is 3.05. The lowest BCUT2D eigenvalue weighted by Crippen LogP contribution is -1.97. The van der Waals surface area contributed by atoms with E-state index in [1.54, 1.807) is 36.4 Å². The minimum absolute atomic E-state index is 0.00930. The van der Waals surface area contributed by atoms with Crippen LogP contribution in [0.1, 0.15) is 5.56 Å². The standard InChI is InChI=1S/C17H11ClN2O4S/c18-12-5-3-11(4-6-12)15-19-20-17(24-15)25-14(16(22)23)9-10-1-7-13(21)8-2-10/h1-9,21H,(H,22,23)/p-1/b14-9-. The van der Waals surface area contributed by atoms with Gasteiger partial charge in [0, 0.05) is 10.6 Å². The number of benzene rings is 2. The van der Waals surface area contributed by atoms with Gasteiger partial charge in [0.2, 0.25) is 5.89 Å². The summed E-state index contributed by atoms with van der Waals surface area (Å²) in [6.07, 6.45) is 1.43. The van der Waals surface area contributed by atoms with Gasteiger partial charge in [0.15, 0.2) is 0 Å². The van der Waals surface area contributed by atoms with Gasteiger partial charge < -0.3 is 14.6 Å². The zero-order valence-electron chi connectivity index (χ0n) is 12.5. The summed E-state index contributed by atoms with van der Waals surface area (Å²) in [5, 5.41) is 28.9. The molecule has 2 aromatic carbocycles. The molecule has 3 rings (SSSR count). The number of halogens is 1. The second-order valence-corrected chi connectivity index (χ2v) is 6.29. The fraction of sp³-hybridized carbons (Fsp3) is 0. The van der Waals surface area contributed by atoms with Crippen LogP contribution in [0.15, 0.2) is 63.1 Å². The van der Waals surface area contributed by atoms with Crippen LogP contribution in [0, 0.1) is 0 Å². The molecule has 6 nitrogen and oxygen atoms in total. The van der Waals surface area contributed by atoms with Crippen molar-refractivity contribution in [3.63, 3.8) is 0 Å². The van der Waals surface area contributed by atoms with Gasteiger partial charge >= 0.3 is 5.97 Å². The van der Waals surface area contributed by atoms with Crippen molar-refractivity contribution in [2.75, 3.05) is 0 Å². The van der Waals surface area contributed by atoms with Crippen molar-refractivity contribution in [3.8, 4) is 17.2 Å². The van der Waals surface area contributed by atoms with E-state index in [1.807, 2.05) is 0 Å². The van der Waals surface area contributed by atoms with Crippen LogP contribution in [0.2, 0.25) is 5.02 Å². The first kappa shape index (κ1) is 17.1. The normalized spacial score (nSPS) is 11.5. The number of thioether (sulfide) groups is 1. The number of aromatic nitrogens is 2. The molecule has 1 N–H and O–H groups in total. The summed E-state index contributed by atoms with van der Waals surface area (Å²) in [4.78, 5) is 11.4. The quantitative estimate of drug-likeness (QED) is 0.537. The summed E-state index contributed by atoms with van der Waals surface area (Å²) < 4.78 is 5.49. The second-order valence-electron chi connectivity index (χ2n) is 4.86. The molecule has 0 amide bonds. The molecule has 0 radical (unpaired) electrons. The SMILES string of the molecule is O=C(O)/C(=C/c1ccc([O-])cc1)Sc1nnc(-c2ccc(Cl)cc2)o1. The monoisotopic (exact) mass is 373 g/mol. The highest BCUT2D eigenvalue weighted by Crippen LogP contribution is 2.30. The van der Waals surface area contributed by atoms with E-state index < -0.39 is 5.97 Å². The zero-order chi connectivity index (χ0) is 17.8. The molecule has 8 heteroatoms. The predicted octanol–water partition coefficient (Wildman–Crippen LogP) is 3.68. The number of rotatable bonds is 5. The number of carboxylic acid groups (broad SMARTS) is 1. The number of aliphatic carboxylic acids is 1. The van der Waals surface area contributed by atoms with E-state index >= 15 is 0 Å². The van der Waals surface area contributed by atoms with Crippen LogP contribution in [-0.4, -0.2) is 21.3 Å². The van der Waals surface area contributed by atoms with E-state index in [4.69, 9.17) is 16.0 Å². The van der Waals surface area contributed by atoms with Crippen LogP contribution in [-0.2, 0) is 4.79 Å². The molecule has 0 aliphatic rings. The maximum absolute atomic E-state index is 11.4. The first-order chi connectivity index (χ1) is 12.0. The third-order valence-electron chi connectivity index (χ3n) is 3.08. The van der Waals surface area contributed by atoms with E-state index in [1.165, 1.54) is 18.2 Å². The van der Waals surface area contributed by atoms with Gasteiger partial charge in [0.1, 0.15) is 4.91 Å². The van der Waals surface area contributed by atoms with Gasteiger partial charge in [-0.05, 0) is 47.7 Å². The summed E-state index contributed by atoms with van der Waals surface area (Å²) in [5.41, 5.74) is 1.26. The lowest BCUT2D eigenvalue weighted by Gasteiger charge is -2.04. The van der Waals surface area contributed by atoms with Crippen LogP contribution >= 0.6 is 23.4 Å². The summed E-state index contributed by atoms with van der Waals surface area (Å²) in [6, 6.07) is 12.6. The van der Waals surface area contributed by atoms with Gasteiger partial charge in [-0.1, -0.05) is 35.9 Å². The molecule has 0 aliphatic heterocycles. The van der Waals surface area contributed by atoms with E-state index in [2.05, 4.69) is 10.2 Å². The molecule has 1 aromatic heterocycles. The summed E-state index contributed by atoms with van der Waals surface area (Å²) in [6.45, 7) is 0. The van der Waals surface area contributed by atoms with Crippen molar-refractivity contribution in [3.05, 3.63) is 64.0 Å². The molecule has 0 saturated carbocycles. The molecule has 126 valence electrons. The summed E-state index contributed by atoms with van der Waals surface area (Å²) in [7, 11) is 0. The average molecular weight is 374 g/mol. The van der Waals surface area contributed by atoms with Crippen LogP contribution in [0.25, 0.3) is 17.5 Å². The maximum atomic E-state index is 11.4. The molecule has 0 spiro atoms. The minimum Gasteiger partial charge on any atom is -0.872 e. The van der Waals surface area contributed by atoms with E-state index in [0.29, 0.717) is 16.1 Å². The van der Waals surface area contributed by atoms with Gasteiger partial charge in [-0.25, -0.2) is 4.79 Å². The minimum atomic E-state index is -1.14. The Morgan fingerprint density at radius 3 is 2.44 bits per heavy atom. The second kappa shape index (κ2) is 7.42. The molecule has 0 unspecified atom stereocenters. The smallest absolute Gasteiger partial charge is 0.342 e. The van der Waals surface area contributed by atoms with Gasteiger partial charge in [-0.15, -0.1) is 15.9 Å². The summed E-state index contributed by atoms with van der Waals surface area (Å²) >= 11 is 6.66. The Kier molecular flexibility index (Phi) is 5.06. The fourth-order valence-electron chi connectivity index (χ4n) is 1.90. The van der Waals surface area contributed by atoms with Gasteiger partial charge in [-0.3, -0.25) is 0 Å². The van der Waals surface area contributed by atoms with Gasteiger partial charge in [0.05, 0.1) is 0 Å².